The second-order valence-corrected chi connectivity index (χ2v) is 6.10. The predicted molar refractivity (Wildman–Crippen MR) is 84.1 cm³/mol. The standard InChI is InChI=1S/C17H37N/c1-5-7-8-9-10-11-12-13-14-17(6-2)15-18-16(3)4/h16-18H,5-15H2,1-4H3. The van der Waals surface area contributed by atoms with Crippen molar-refractivity contribution in [3.8, 4) is 0 Å². The summed E-state index contributed by atoms with van der Waals surface area (Å²) in [4.78, 5) is 0. The highest BCUT2D eigenvalue weighted by atomic mass is 14.9. The van der Waals surface area contributed by atoms with E-state index in [1.54, 1.807) is 0 Å². The molecule has 0 saturated heterocycles. The summed E-state index contributed by atoms with van der Waals surface area (Å²) in [7, 11) is 0. The molecule has 0 aliphatic rings. The van der Waals surface area contributed by atoms with Crippen LogP contribution in [0.25, 0.3) is 0 Å². The van der Waals surface area contributed by atoms with Gasteiger partial charge in [-0.1, -0.05) is 85.5 Å². The minimum atomic E-state index is 0.637. The van der Waals surface area contributed by atoms with E-state index in [0.717, 1.165) is 5.92 Å². The lowest BCUT2D eigenvalue weighted by Gasteiger charge is -2.17. The fourth-order valence-electron chi connectivity index (χ4n) is 2.42. The molecule has 0 amide bonds. The number of nitrogens with one attached hydrogen (secondary N) is 1. The average molecular weight is 255 g/mol. The molecule has 110 valence electrons. The molecule has 1 atom stereocenters. The Morgan fingerprint density at radius 3 is 1.83 bits per heavy atom. The van der Waals surface area contributed by atoms with Crippen LogP contribution in [0.15, 0.2) is 0 Å². The lowest BCUT2D eigenvalue weighted by molar-refractivity contribution is 0.395. The van der Waals surface area contributed by atoms with Crippen molar-refractivity contribution in [2.75, 3.05) is 6.54 Å². The van der Waals surface area contributed by atoms with Gasteiger partial charge in [0.05, 0.1) is 0 Å². The van der Waals surface area contributed by atoms with Gasteiger partial charge in [-0.15, -0.1) is 0 Å². The van der Waals surface area contributed by atoms with Gasteiger partial charge in [-0.3, -0.25) is 0 Å². The van der Waals surface area contributed by atoms with Gasteiger partial charge in [0.25, 0.3) is 0 Å². The number of hydrogen-bond donors (Lipinski definition) is 1. The molecule has 1 unspecified atom stereocenters. The van der Waals surface area contributed by atoms with Gasteiger partial charge in [-0.2, -0.15) is 0 Å². The fourth-order valence-corrected chi connectivity index (χ4v) is 2.42. The molecule has 0 aromatic heterocycles. The van der Waals surface area contributed by atoms with Gasteiger partial charge in [-0.05, 0) is 18.9 Å². The van der Waals surface area contributed by atoms with Gasteiger partial charge in [-0.25, -0.2) is 0 Å². The average Bonchev–Trinajstić information content (AvgIpc) is 2.36. The van der Waals surface area contributed by atoms with Crippen molar-refractivity contribution in [2.24, 2.45) is 5.92 Å². The highest BCUT2D eigenvalue weighted by Gasteiger charge is 2.06. The molecular formula is C17H37N. The van der Waals surface area contributed by atoms with E-state index in [9.17, 15) is 0 Å². The summed E-state index contributed by atoms with van der Waals surface area (Å²) < 4.78 is 0. The first-order valence-electron chi connectivity index (χ1n) is 8.44. The SMILES string of the molecule is CCCCCCCCCCC(CC)CNC(C)C. The minimum Gasteiger partial charge on any atom is -0.314 e. The van der Waals surface area contributed by atoms with Crippen LogP contribution in [0.5, 0.6) is 0 Å². The first-order chi connectivity index (χ1) is 8.70. The van der Waals surface area contributed by atoms with E-state index in [0.29, 0.717) is 6.04 Å². The Labute approximate surface area is 116 Å². The van der Waals surface area contributed by atoms with Crippen molar-refractivity contribution in [3.05, 3.63) is 0 Å². The molecule has 0 aliphatic carbocycles. The molecule has 1 N–H and O–H groups in total. The molecule has 0 spiro atoms. The maximum absolute atomic E-state index is 3.57. The second kappa shape index (κ2) is 13.4. The molecule has 0 aromatic rings. The topological polar surface area (TPSA) is 12.0 Å². The van der Waals surface area contributed by atoms with Gasteiger partial charge >= 0.3 is 0 Å². The summed E-state index contributed by atoms with van der Waals surface area (Å²) in [5.74, 6) is 0.896. The summed E-state index contributed by atoms with van der Waals surface area (Å²) >= 11 is 0. The van der Waals surface area contributed by atoms with E-state index in [-0.39, 0.29) is 0 Å². The van der Waals surface area contributed by atoms with Crippen LogP contribution in [0.3, 0.4) is 0 Å². The Hall–Kier alpha value is -0.0400. The zero-order chi connectivity index (χ0) is 13.6. The fraction of sp³-hybridized carbons (Fsp3) is 1.00. The molecule has 0 radical (unpaired) electrons. The van der Waals surface area contributed by atoms with E-state index in [4.69, 9.17) is 0 Å². The Balaban J connectivity index is 3.28. The van der Waals surface area contributed by atoms with Gasteiger partial charge in [0, 0.05) is 6.04 Å². The molecule has 0 aromatic carbocycles. The molecule has 0 fully saturated rings. The van der Waals surface area contributed by atoms with Crippen LogP contribution in [0.2, 0.25) is 0 Å². The van der Waals surface area contributed by atoms with Crippen LogP contribution in [-0.4, -0.2) is 12.6 Å². The van der Waals surface area contributed by atoms with Crippen LogP contribution in [-0.2, 0) is 0 Å². The van der Waals surface area contributed by atoms with E-state index in [2.05, 4.69) is 33.0 Å². The zero-order valence-corrected chi connectivity index (χ0v) is 13.4. The van der Waals surface area contributed by atoms with Crippen molar-refractivity contribution in [3.63, 3.8) is 0 Å². The summed E-state index contributed by atoms with van der Waals surface area (Å²) in [6.07, 6.45) is 14.3. The lowest BCUT2D eigenvalue weighted by Crippen LogP contribution is -2.28. The molecule has 0 aliphatic heterocycles. The van der Waals surface area contributed by atoms with Crippen LogP contribution in [0, 0.1) is 5.92 Å². The van der Waals surface area contributed by atoms with Gasteiger partial charge in [0.1, 0.15) is 0 Å². The van der Waals surface area contributed by atoms with Crippen molar-refractivity contribution in [2.45, 2.75) is 97.9 Å². The van der Waals surface area contributed by atoms with Crippen LogP contribution in [0.1, 0.15) is 91.9 Å². The van der Waals surface area contributed by atoms with Crippen molar-refractivity contribution < 1.29 is 0 Å². The quantitative estimate of drug-likeness (QED) is 0.426. The Bertz CT molecular complexity index is 154. The van der Waals surface area contributed by atoms with Crippen LogP contribution in [0.4, 0.5) is 0 Å². The third-order valence-electron chi connectivity index (χ3n) is 3.86. The molecule has 0 rings (SSSR count). The Morgan fingerprint density at radius 1 is 0.778 bits per heavy atom. The molecule has 0 saturated carbocycles. The predicted octanol–water partition coefficient (Wildman–Crippen LogP) is 5.54. The largest absolute Gasteiger partial charge is 0.314 e. The molecule has 0 heterocycles. The summed E-state index contributed by atoms with van der Waals surface area (Å²) in [5, 5.41) is 3.57. The molecule has 1 nitrogen and oxygen atoms in total. The smallest absolute Gasteiger partial charge is 0.00104 e. The van der Waals surface area contributed by atoms with E-state index < -0.39 is 0 Å². The monoisotopic (exact) mass is 255 g/mol. The number of hydrogen-bond acceptors (Lipinski definition) is 1. The van der Waals surface area contributed by atoms with Gasteiger partial charge in [0.15, 0.2) is 0 Å². The number of unbranched alkanes of at least 4 members (excludes halogenated alkanes) is 7. The summed E-state index contributed by atoms with van der Waals surface area (Å²) in [5.41, 5.74) is 0. The first kappa shape index (κ1) is 18.0. The minimum absolute atomic E-state index is 0.637. The highest BCUT2D eigenvalue weighted by molar-refractivity contribution is 4.63. The second-order valence-electron chi connectivity index (χ2n) is 6.10. The van der Waals surface area contributed by atoms with Crippen LogP contribution >= 0.6 is 0 Å². The van der Waals surface area contributed by atoms with Crippen molar-refractivity contribution >= 4 is 0 Å². The molecule has 0 bridgehead atoms. The maximum atomic E-state index is 3.57. The third kappa shape index (κ3) is 12.4. The van der Waals surface area contributed by atoms with E-state index in [1.165, 1.54) is 70.8 Å². The van der Waals surface area contributed by atoms with Gasteiger partial charge < -0.3 is 5.32 Å². The Morgan fingerprint density at radius 2 is 1.33 bits per heavy atom. The zero-order valence-electron chi connectivity index (χ0n) is 13.4. The highest BCUT2D eigenvalue weighted by Crippen LogP contribution is 2.15. The van der Waals surface area contributed by atoms with Crippen LogP contribution < -0.4 is 5.32 Å². The summed E-state index contributed by atoms with van der Waals surface area (Å²) in [6, 6.07) is 0.637. The molecular weight excluding hydrogens is 218 g/mol. The van der Waals surface area contributed by atoms with Crippen molar-refractivity contribution in [1.82, 2.24) is 5.32 Å². The Kier molecular flexibility index (Phi) is 13.4. The van der Waals surface area contributed by atoms with Crippen molar-refractivity contribution in [1.29, 1.82) is 0 Å². The molecule has 1 heteroatoms. The lowest BCUT2D eigenvalue weighted by atomic mass is 9.97. The molecule has 18 heavy (non-hydrogen) atoms. The third-order valence-corrected chi connectivity index (χ3v) is 3.86. The normalized spacial score (nSPS) is 13.2. The number of rotatable bonds is 13. The maximum Gasteiger partial charge on any atom is 0.00104 e. The summed E-state index contributed by atoms with van der Waals surface area (Å²) in [6.45, 7) is 10.3. The first-order valence-corrected chi connectivity index (χ1v) is 8.44. The van der Waals surface area contributed by atoms with E-state index in [1.807, 2.05) is 0 Å². The van der Waals surface area contributed by atoms with E-state index >= 15 is 0 Å². The van der Waals surface area contributed by atoms with Gasteiger partial charge in [0.2, 0.25) is 0 Å².